The fourth-order valence-electron chi connectivity index (χ4n) is 3.94. The quantitative estimate of drug-likeness (QED) is 0.537. The van der Waals surface area contributed by atoms with Gasteiger partial charge in [0, 0.05) is 50.5 Å². The van der Waals surface area contributed by atoms with Gasteiger partial charge in [0.05, 0.1) is 0 Å². The number of ether oxygens (including phenoxy) is 1. The minimum absolute atomic E-state index is 0.137. The first-order valence-electron chi connectivity index (χ1n) is 12.2. The molecule has 0 unspecified atom stereocenters. The number of hydrogen-bond donors (Lipinski definition) is 2. The third-order valence-corrected chi connectivity index (χ3v) is 5.67. The van der Waals surface area contributed by atoms with Crippen molar-refractivity contribution in [3.63, 3.8) is 0 Å². The Morgan fingerprint density at radius 2 is 1.62 bits per heavy atom. The van der Waals surface area contributed by atoms with Crippen molar-refractivity contribution in [2.75, 3.05) is 44.6 Å². The second-order valence-electron chi connectivity index (χ2n) is 9.77. The summed E-state index contributed by atoms with van der Waals surface area (Å²) in [6.45, 7) is 12.5. The van der Waals surface area contributed by atoms with E-state index in [-0.39, 0.29) is 5.91 Å². The molecule has 1 aliphatic rings. The maximum Gasteiger partial charge on any atom is 0.412 e. The molecule has 7 heteroatoms. The van der Waals surface area contributed by atoms with Crippen LogP contribution in [0.5, 0.6) is 0 Å². The summed E-state index contributed by atoms with van der Waals surface area (Å²) in [6, 6.07) is 17.5. The molecule has 0 spiro atoms. The standard InChI is InChI=1S/C27H38N4O3/c1-27(2,3)34-26(33)29-24-13-9-12-23(20-24)25(32)28-14-7-8-15-30-16-18-31(19-17-30)21-22-10-5-4-6-11-22/h4-6,9-13,20H,7-8,14-19,21H2,1-3H3,(H,28,32)(H,29,33). The summed E-state index contributed by atoms with van der Waals surface area (Å²) in [5.41, 5.74) is 1.85. The molecular formula is C27H38N4O3. The SMILES string of the molecule is CC(C)(C)OC(=O)Nc1cccc(C(=O)NCCCCN2CCN(Cc3ccccc3)CC2)c1. The lowest BCUT2D eigenvalue weighted by atomic mass is 10.1. The Labute approximate surface area is 203 Å². The number of carbonyl (C=O) groups excluding carboxylic acids is 2. The van der Waals surface area contributed by atoms with E-state index >= 15 is 0 Å². The molecule has 0 bridgehead atoms. The third-order valence-electron chi connectivity index (χ3n) is 5.67. The summed E-state index contributed by atoms with van der Waals surface area (Å²) < 4.78 is 5.26. The van der Waals surface area contributed by atoms with E-state index in [1.807, 2.05) is 20.8 Å². The topological polar surface area (TPSA) is 73.9 Å². The molecule has 34 heavy (non-hydrogen) atoms. The van der Waals surface area contributed by atoms with Crippen LogP contribution in [0.4, 0.5) is 10.5 Å². The molecule has 1 aliphatic heterocycles. The van der Waals surface area contributed by atoms with Gasteiger partial charge in [0.1, 0.15) is 5.60 Å². The molecule has 2 aromatic rings. The fourth-order valence-corrected chi connectivity index (χ4v) is 3.94. The van der Waals surface area contributed by atoms with Crippen LogP contribution in [0, 0.1) is 0 Å². The first kappa shape index (κ1) is 25.7. The molecule has 184 valence electrons. The molecule has 0 radical (unpaired) electrons. The van der Waals surface area contributed by atoms with Crippen molar-refractivity contribution in [3.8, 4) is 0 Å². The molecule has 0 aromatic heterocycles. The van der Waals surface area contributed by atoms with Gasteiger partial charge in [-0.05, 0) is 63.9 Å². The van der Waals surface area contributed by atoms with Gasteiger partial charge in [-0.25, -0.2) is 4.79 Å². The number of piperazine rings is 1. The van der Waals surface area contributed by atoms with Crippen LogP contribution in [0.15, 0.2) is 54.6 Å². The van der Waals surface area contributed by atoms with Crippen molar-refractivity contribution in [2.45, 2.75) is 45.8 Å². The first-order valence-corrected chi connectivity index (χ1v) is 12.2. The molecule has 2 amide bonds. The zero-order chi connectivity index (χ0) is 24.4. The van der Waals surface area contributed by atoms with Crippen LogP contribution < -0.4 is 10.6 Å². The Hall–Kier alpha value is -2.90. The fraction of sp³-hybridized carbons (Fsp3) is 0.481. The molecule has 1 heterocycles. The Morgan fingerprint density at radius 1 is 0.912 bits per heavy atom. The smallest absolute Gasteiger partial charge is 0.412 e. The Kier molecular flexibility index (Phi) is 9.48. The van der Waals surface area contributed by atoms with Gasteiger partial charge in [-0.2, -0.15) is 0 Å². The van der Waals surface area contributed by atoms with E-state index in [2.05, 4.69) is 50.8 Å². The average Bonchev–Trinajstić information content (AvgIpc) is 2.79. The Morgan fingerprint density at radius 3 is 2.32 bits per heavy atom. The number of carbonyl (C=O) groups is 2. The number of unbranched alkanes of at least 4 members (excludes halogenated alkanes) is 1. The summed E-state index contributed by atoms with van der Waals surface area (Å²) in [4.78, 5) is 29.5. The number of nitrogens with one attached hydrogen (secondary N) is 2. The lowest BCUT2D eigenvalue weighted by molar-refractivity contribution is 0.0635. The molecule has 2 N–H and O–H groups in total. The van der Waals surface area contributed by atoms with Crippen LogP contribution in [-0.2, 0) is 11.3 Å². The van der Waals surface area contributed by atoms with E-state index in [1.54, 1.807) is 24.3 Å². The summed E-state index contributed by atoms with van der Waals surface area (Å²) in [6.07, 6.45) is 1.45. The van der Waals surface area contributed by atoms with Crippen molar-refractivity contribution in [2.24, 2.45) is 0 Å². The third kappa shape index (κ3) is 9.15. The highest BCUT2D eigenvalue weighted by Crippen LogP contribution is 2.14. The highest BCUT2D eigenvalue weighted by molar-refractivity contribution is 5.96. The van der Waals surface area contributed by atoms with Crippen molar-refractivity contribution < 1.29 is 14.3 Å². The zero-order valence-corrected chi connectivity index (χ0v) is 20.7. The molecule has 3 rings (SSSR count). The maximum absolute atomic E-state index is 12.5. The Balaban J connectivity index is 1.30. The Bertz CT molecular complexity index is 919. The predicted molar refractivity (Wildman–Crippen MR) is 136 cm³/mol. The minimum atomic E-state index is -0.575. The van der Waals surface area contributed by atoms with Gasteiger partial charge in [0.25, 0.3) is 5.91 Å². The van der Waals surface area contributed by atoms with Crippen molar-refractivity contribution in [3.05, 3.63) is 65.7 Å². The molecule has 1 fully saturated rings. The molecule has 7 nitrogen and oxygen atoms in total. The molecule has 0 atom stereocenters. The highest BCUT2D eigenvalue weighted by atomic mass is 16.6. The van der Waals surface area contributed by atoms with Gasteiger partial charge in [-0.3, -0.25) is 15.0 Å². The number of nitrogens with zero attached hydrogens (tertiary/aromatic N) is 2. The molecule has 1 saturated heterocycles. The van der Waals surface area contributed by atoms with Gasteiger partial charge in [-0.1, -0.05) is 36.4 Å². The minimum Gasteiger partial charge on any atom is -0.444 e. The molecule has 2 aromatic carbocycles. The number of amides is 2. The monoisotopic (exact) mass is 466 g/mol. The van der Waals surface area contributed by atoms with E-state index in [1.165, 1.54) is 5.56 Å². The summed E-state index contributed by atoms with van der Waals surface area (Å²) in [5.74, 6) is -0.137. The van der Waals surface area contributed by atoms with Gasteiger partial charge in [0.15, 0.2) is 0 Å². The molecule has 0 aliphatic carbocycles. The van der Waals surface area contributed by atoms with Gasteiger partial charge in [-0.15, -0.1) is 0 Å². The zero-order valence-electron chi connectivity index (χ0n) is 20.7. The van der Waals surface area contributed by atoms with E-state index < -0.39 is 11.7 Å². The number of anilines is 1. The number of benzene rings is 2. The first-order chi connectivity index (χ1) is 16.3. The molecule has 0 saturated carbocycles. The van der Waals surface area contributed by atoms with Crippen molar-refractivity contribution in [1.82, 2.24) is 15.1 Å². The van der Waals surface area contributed by atoms with E-state index in [0.717, 1.165) is 52.1 Å². The highest BCUT2D eigenvalue weighted by Gasteiger charge is 2.17. The van der Waals surface area contributed by atoms with Crippen LogP contribution in [0.25, 0.3) is 0 Å². The van der Waals surface area contributed by atoms with Crippen molar-refractivity contribution >= 4 is 17.7 Å². The largest absolute Gasteiger partial charge is 0.444 e. The number of hydrogen-bond acceptors (Lipinski definition) is 5. The maximum atomic E-state index is 12.5. The van der Waals surface area contributed by atoms with E-state index in [0.29, 0.717) is 17.8 Å². The van der Waals surface area contributed by atoms with Crippen LogP contribution in [0.2, 0.25) is 0 Å². The second-order valence-corrected chi connectivity index (χ2v) is 9.77. The lowest BCUT2D eigenvalue weighted by Crippen LogP contribution is -2.46. The second kappa shape index (κ2) is 12.5. The summed E-state index contributed by atoms with van der Waals surface area (Å²) in [5, 5.41) is 5.65. The average molecular weight is 467 g/mol. The summed E-state index contributed by atoms with van der Waals surface area (Å²) >= 11 is 0. The summed E-state index contributed by atoms with van der Waals surface area (Å²) in [7, 11) is 0. The van der Waals surface area contributed by atoms with E-state index in [9.17, 15) is 9.59 Å². The van der Waals surface area contributed by atoms with Crippen molar-refractivity contribution in [1.29, 1.82) is 0 Å². The van der Waals surface area contributed by atoms with Gasteiger partial charge in [0.2, 0.25) is 0 Å². The predicted octanol–water partition coefficient (Wildman–Crippen LogP) is 4.36. The van der Waals surface area contributed by atoms with Crippen LogP contribution >= 0.6 is 0 Å². The van der Waals surface area contributed by atoms with Crippen LogP contribution in [0.1, 0.15) is 49.5 Å². The van der Waals surface area contributed by atoms with Crippen LogP contribution in [0.3, 0.4) is 0 Å². The van der Waals surface area contributed by atoms with Crippen LogP contribution in [-0.4, -0.2) is 66.7 Å². The normalized spacial score (nSPS) is 15.0. The lowest BCUT2D eigenvalue weighted by Gasteiger charge is -2.34. The number of rotatable bonds is 9. The van der Waals surface area contributed by atoms with Gasteiger partial charge >= 0.3 is 6.09 Å². The molecular weight excluding hydrogens is 428 g/mol. The van der Waals surface area contributed by atoms with Gasteiger partial charge < -0.3 is 15.0 Å². The van der Waals surface area contributed by atoms with E-state index in [4.69, 9.17) is 4.74 Å².